The standard InChI is InChI=1S/C13H21O2/c1-5-11(2)7-6-8-12(3)9-10-15-13(4)14/h7,9H,1,5-6,8,10H2,2-4H3/b11-7+,12-9+. The Morgan fingerprint density at radius 2 is 1.87 bits per heavy atom. The van der Waals surface area contributed by atoms with E-state index in [0.29, 0.717) is 6.61 Å². The molecule has 0 fully saturated rings. The Hall–Kier alpha value is -1.05. The summed E-state index contributed by atoms with van der Waals surface area (Å²) in [6.07, 6.45) is 7.07. The van der Waals surface area contributed by atoms with Crippen LogP contribution in [0.5, 0.6) is 0 Å². The van der Waals surface area contributed by atoms with Gasteiger partial charge in [0.1, 0.15) is 6.61 Å². The van der Waals surface area contributed by atoms with Crippen LogP contribution < -0.4 is 0 Å². The zero-order chi connectivity index (χ0) is 11.7. The van der Waals surface area contributed by atoms with Gasteiger partial charge >= 0.3 is 5.97 Å². The minimum Gasteiger partial charge on any atom is -0.462 e. The minimum absolute atomic E-state index is 0.230. The Labute approximate surface area is 93.0 Å². The van der Waals surface area contributed by atoms with Crippen molar-refractivity contribution in [1.29, 1.82) is 0 Å². The van der Waals surface area contributed by atoms with E-state index in [-0.39, 0.29) is 5.97 Å². The predicted octanol–water partition coefficient (Wildman–Crippen LogP) is 3.45. The van der Waals surface area contributed by atoms with Crippen LogP contribution in [0.1, 0.15) is 40.0 Å². The van der Waals surface area contributed by atoms with E-state index >= 15 is 0 Å². The van der Waals surface area contributed by atoms with Crippen molar-refractivity contribution in [2.24, 2.45) is 0 Å². The maximum Gasteiger partial charge on any atom is 0.302 e. The molecule has 0 atom stereocenters. The second kappa shape index (κ2) is 8.27. The summed E-state index contributed by atoms with van der Waals surface area (Å²) in [5.41, 5.74) is 2.58. The van der Waals surface area contributed by atoms with Crippen LogP contribution in [0.2, 0.25) is 0 Å². The average molecular weight is 209 g/mol. The fourth-order valence-electron chi connectivity index (χ4n) is 1.05. The van der Waals surface area contributed by atoms with Crippen molar-refractivity contribution in [1.82, 2.24) is 0 Å². The molecule has 0 unspecified atom stereocenters. The second-order valence-corrected chi connectivity index (χ2v) is 3.69. The first kappa shape index (κ1) is 13.9. The van der Waals surface area contributed by atoms with Crippen molar-refractivity contribution in [3.05, 3.63) is 30.2 Å². The zero-order valence-electron chi connectivity index (χ0n) is 10.0. The van der Waals surface area contributed by atoms with Crippen LogP contribution in [0.15, 0.2) is 23.3 Å². The molecule has 0 aromatic heterocycles. The highest BCUT2D eigenvalue weighted by Crippen LogP contribution is 2.07. The first-order valence-electron chi connectivity index (χ1n) is 5.30. The number of hydrogen-bond acceptors (Lipinski definition) is 2. The van der Waals surface area contributed by atoms with Gasteiger partial charge in [-0.25, -0.2) is 0 Å². The van der Waals surface area contributed by atoms with E-state index in [2.05, 4.69) is 26.8 Å². The van der Waals surface area contributed by atoms with Gasteiger partial charge in [-0.3, -0.25) is 4.79 Å². The quantitative estimate of drug-likeness (QED) is 0.494. The molecule has 85 valence electrons. The Bertz CT molecular complexity index is 249. The maximum absolute atomic E-state index is 10.5. The van der Waals surface area contributed by atoms with Crippen molar-refractivity contribution >= 4 is 5.97 Å². The van der Waals surface area contributed by atoms with Crippen LogP contribution in [0, 0.1) is 6.92 Å². The van der Waals surface area contributed by atoms with Crippen molar-refractivity contribution in [3.63, 3.8) is 0 Å². The van der Waals surface area contributed by atoms with E-state index in [1.165, 1.54) is 18.1 Å². The average Bonchev–Trinajstić information content (AvgIpc) is 2.17. The van der Waals surface area contributed by atoms with E-state index in [9.17, 15) is 4.79 Å². The van der Waals surface area contributed by atoms with Crippen molar-refractivity contribution < 1.29 is 9.53 Å². The van der Waals surface area contributed by atoms with Gasteiger partial charge < -0.3 is 4.74 Å². The molecule has 0 rings (SSSR count). The van der Waals surface area contributed by atoms with Crippen LogP contribution in [0.4, 0.5) is 0 Å². The van der Waals surface area contributed by atoms with Gasteiger partial charge in [0.2, 0.25) is 0 Å². The first-order chi connectivity index (χ1) is 7.06. The van der Waals surface area contributed by atoms with E-state index in [0.717, 1.165) is 19.3 Å². The van der Waals surface area contributed by atoms with Crippen LogP contribution in [-0.2, 0) is 9.53 Å². The highest BCUT2D eigenvalue weighted by Gasteiger charge is 1.92. The van der Waals surface area contributed by atoms with Crippen LogP contribution in [0.3, 0.4) is 0 Å². The summed E-state index contributed by atoms with van der Waals surface area (Å²) in [4.78, 5) is 10.5. The molecule has 0 spiro atoms. The molecule has 0 amide bonds. The lowest BCUT2D eigenvalue weighted by molar-refractivity contribution is -0.139. The number of carbonyl (C=O) groups excluding carboxylic acids is 1. The number of hydrogen-bond donors (Lipinski definition) is 0. The van der Waals surface area contributed by atoms with E-state index in [4.69, 9.17) is 4.74 Å². The van der Waals surface area contributed by atoms with Gasteiger partial charge in [-0.05, 0) is 46.1 Å². The Morgan fingerprint density at radius 1 is 1.20 bits per heavy atom. The Kier molecular flexibility index (Phi) is 7.69. The second-order valence-electron chi connectivity index (χ2n) is 3.69. The lowest BCUT2D eigenvalue weighted by atomic mass is 10.1. The summed E-state index contributed by atoms with van der Waals surface area (Å²) in [6.45, 7) is 9.76. The molecule has 0 aromatic carbocycles. The van der Waals surface area contributed by atoms with Crippen molar-refractivity contribution in [2.45, 2.75) is 40.0 Å². The molecular weight excluding hydrogens is 188 g/mol. The third-order valence-corrected chi connectivity index (χ3v) is 2.14. The molecule has 1 radical (unpaired) electrons. The Morgan fingerprint density at radius 3 is 2.40 bits per heavy atom. The smallest absolute Gasteiger partial charge is 0.302 e. The molecule has 0 bridgehead atoms. The topological polar surface area (TPSA) is 26.3 Å². The summed E-state index contributed by atoms with van der Waals surface area (Å²) in [6, 6.07) is 0. The van der Waals surface area contributed by atoms with Crippen LogP contribution in [-0.4, -0.2) is 12.6 Å². The predicted molar refractivity (Wildman–Crippen MR) is 63.4 cm³/mol. The summed E-state index contributed by atoms with van der Waals surface area (Å²) < 4.78 is 4.82. The van der Waals surface area contributed by atoms with Gasteiger partial charge in [-0.2, -0.15) is 0 Å². The van der Waals surface area contributed by atoms with Gasteiger partial charge in [-0.1, -0.05) is 17.2 Å². The lowest BCUT2D eigenvalue weighted by Crippen LogP contribution is -1.98. The van der Waals surface area contributed by atoms with E-state index in [1.54, 1.807) is 0 Å². The summed E-state index contributed by atoms with van der Waals surface area (Å²) >= 11 is 0. The fraction of sp³-hybridized carbons (Fsp3) is 0.538. The molecule has 0 heterocycles. The number of rotatable bonds is 6. The summed E-state index contributed by atoms with van der Waals surface area (Å²) in [5.74, 6) is -0.230. The molecule has 0 N–H and O–H groups in total. The van der Waals surface area contributed by atoms with Gasteiger partial charge in [0.25, 0.3) is 0 Å². The molecule has 0 aliphatic carbocycles. The SMILES string of the molecule is [CH2]C/C(C)=C/CC/C(C)=C/COC(C)=O. The molecule has 0 aliphatic heterocycles. The third-order valence-electron chi connectivity index (χ3n) is 2.14. The van der Waals surface area contributed by atoms with E-state index < -0.39 is 0 Å². The summed E-state index contributed by atoms with van der Waals surface area (Å²) in [5, 5.41) is 0. The van der Waals surface area contributed by atoms with Crippen molar-refractivity contribution in [3.8, 4) is 0 Å². The number of carbonyl (C=O) groups is 1. The zero-order valence-corrected chi connectivity index (χ0v) is 10.0. The fourth-order valence-corrected chi connectivity index (χ4v) is 1.05. The third kappa shape index (κ3) is 9.26. The molecule has 0 saturated heterocycles. The highest BCUT2D eigenvalue weighted by molar-refractivity contribution is 5.66. The van der Waals surface area contributed by atoms with Gasteiger partial charge in [0.15, 0.2) is 0 Å². The number of esters is 1. The lowest BCUT2D eigenvalue weighted by Gasteiger charge is -2.00. The molecule has 0 aromatic rings. The van der Waals surface area contributed by atoms with E-state index in [1.807, 2.05) is 6.08 Å². The van der Waals surface area contributed by atoms with Gasteiger partial charge in [0, 0.05) is 6.92 Å². The molecule has 2 nitrogen and oxygen atoms in total. The van der Waals surface area contributed by atoms with Crippen LogP contribution in [0.25, 0.3) is 0 Å². The largest absolute Gasteiger partial charge is 0.462 e. The van der Waals surface area contributed by atoms with Gasteiger partial charge in [-0.15, -0.1) is 0 Å². The highest BCUT2D eigenvalue weighted by atomic mass is 16.5. The first-order valence-corrected chi connectivity index (χ1v) is 5.30. The molecule has 2 heteroatoms. The summed E-state index contributed by atoms with van der Waals surface area (Å²) in [7, 11) is 0. The Balaban J connectivity index is 3.73. The van der Waals surface area contributed by atoms with Gasteiger partial charge in [0.05, 0.1) is 0 Å². The molecule has 15 heavy (non-hydrogen) atoms. The number of ether oxygens (including phenoxy) is 1. The molecule has 0 aliphatic rings. The van der Waals surface area contributed by atoms with Crippen LogP contribution >= 0.6 is 0 Å². The number of allylic oxidation sites excluding steroid dienone is 3. The maximum atomic E-state index is 10.5. The minimum atomic E-state index is -0.230. The monoisotopic (exact) mass is 209 g/mol. The molecular formula is C13H21O2. The van der Waals surface area contributed by atoms with Crippen molar-refractivity contribution in [2.75, 3.05) is 6.61 Å². The molecule has 0 saturated carbocycles. The normalized spacial score (nSPS) is 12.8.